The molecule has 1 fully saturated rings. The molecule has 3 nitrogen and oxygen atoms in total. The van der Waals surface area contributed by atoms with Crippen LogP contribution in [-0.4, -0.2) is 24.9 Å². The molecule has 3 unspecified atom stereocenters. The molecular formula is C13H23BNO2. The van der Waals surface area contributed by atoms with E-state index < -0.39 is 0 Å². The quantitative estimate of drug-likeness (QED) is 0.742. The lowest BCUT2D eigenvalue weighted by Gasteiger charge is -2.28. The molecule has 4 heteroatoms. The van der Waals surface area contributed by atoms with Crippen molar-refractivity contribution in [3.63, 3.8) is 0 Å². The summed E-state index contributed by atoms with van der Waals surface area (Å²) in [7, 11) is 2.16. The standard InChI is InChI=1S/C13H23BNO2/c1-4-9(2)13(17)15-12-6-5-11(8-14-12)7-10(3)16/h9,11-12H,4-8H2,1-3H3,(H,15,17). The lowest BCUT2D eigenvalue weighted by atomic mass is 9.56. The fourth-order valence-corrected chi connectivity index (χ4v) is 2.24. The fourth-order valence-electron chi connectivity index (χ4n) is 2.24. The zero-order chi connectivity index (χ0) is 12.8. The molecule has 0 saturated carbocycles. The Bertz CT molecular complexity index is 273. The molecular weight excluding hydrogens is 213 g/mol. The summed E-state index contributed by atoms with van der Waals surface area (Å²) < 4.78 is 0. The third kappa shape index (κ3) is 4.92. The van der Waals surface area contributed by atoms with Crippen molar-refractivity contribution in [2.45, 2.75) is 58.7 Å². The maximum Gasteiger partial charge on any atom is 0.222 e. The van der Waals surface area contributed by atoms with E-state index in [1.165, 1.54) is 0 Å². The summed E-state index contributed by atoms with van der Waals surface area (Å²) in [5.74, 6) is 1.21. The van der Waals surface area contributed by atoms with E-state index in [1.54, 1.807) is 6.92 Å². The number of ketones is 1. The lowest BCUT2D eigenvalue weighted by molar-refractivity contribution is -0.125. The second-order valence-corrected chi connectivity index (χ2v) is 5.25. The molecule has 0 spiro atoms. The van der Waals surface area contributed by atoms with Gasteiger partial charge in [-0.25, -0.2) is 0 Å². The Morgan fingerprint density at radius 2 is 2.12 bits per heavy atom. The smallest absolute Gasteiger partial charge is 0.222 e. The first-order valence-electron chi connectivity index (χ1n) is 6.66. The van der Waals surface area contributed by atoms with Crippen molar-refractivity contribution in [1.82, 2.24) is 5.32 Å². The number of nitrogens with one attached hydrogen (secondary N) is 1. The van der Waals surface area contributed by atoms with Crippen LogP contribution in [0.15, 0.2) is 0 Å². The van der Waals surface area contributed by atoms with Crippen LogP contribution in [0.3, 0.4) is 0 Å². The fraction of sp³-hybridized carbons (Fsp3) is 0.846. The number of amides is 1. The first-order valence-corrected chi connectivity index (χ1v) is 6.66. The predicted molar refractivity (Wildman–Crippen MR) is 70.0 cm³/mol. The van der Waals surface area contributed by atoms with E-state index in [2.05, 4.69) is 12.6 Å². The van der Waals surface area contributed by atoms with Crippen LogP contribution in [0.25, 0.3) is 0 Å². The van der Waals surface area contributed by atoms with Gasteiger partial charge >= 0.3 is 0 Å². The number of carbonyl (C=O) groups is 2. The summed E-state index contributed by atoms with van der Waals surface area (Å²) in [5, 5.41) is 3.06. The van der Waals surface area contributed by atoms with Gasteiger partial charge in [0.2, 0.25) is 5.91 Å². The third-order valence-electron chi connectivity index (χ3n) is 3.60. The molecule has 1 saturated heterocycles. The molecule has 0 aliphatic carbocycles. The Balaban J connectivity index is 2.27. The summed E-state index contributed by atoms with van der Waals surface area (Å²) in [4.78, 5) is 22.7. The minimum atomic E-state index is 0.0957. The van der Waals surface area contributed by atoms with Gasteiger partial charge in [-0.15, -0.1) is 0 Å². The van der Waals surface area contributed by atoms with Gasteiger partial charge in [0, 0.05) is 12.3 Å². The molecule has 1 heterocycles. The van der Waals surface area contributed by atoms with Crippen LogP contribution in [0.1, 0.15) is 46.5 Å². The van der Waals surface area contributed by atoms with Gasteiger partial charge in [0.1, 0.15) is 13.1 Å². The maximum atomic E-state index is 11.7. The summed E-state index contributed by atoms with van der Waals surface area (Å²) in [6, 6.07) is 0. The second kappa shape index (κ2) is 6.82. The van der Waals surface area contributed by atoms with E-state index in [0.717, 1.165) is 25.6 Å². The molecule has 3 atom stereocenters. The Labute approximate surface area is 105 Å². The molecule has 1 N–H and O–H groups in total. The minimum Gasteiger partial charge on any atom is -0.361 e. The van der Waals surface area contributed by atoms with E-state index >= 15 is 0 Å². The molecule has 1 rings (SSSR count). The van der Waals surface area contributed by atoms with Crippen LogP contribution < -0.4 is 5.32 Å². The van der Waals surface area contributed by atoms with E-state index in [0.29, 0.717) is 12.3 Å². The molecule has 1 aliphatic heterocycles. The molecule has 1 amide bonds. The number of hydrogen-bond acceptors (Lipinski definition) is 2. The highest BCUT2D eigenvalue weighted by molar-refractivity contribution is 6.38. The van der Waals surface area contributed by atoms with E-state index in [9.17, 15) is 9.59 Å². The third-order valence-corrected chi connectivity index (χ3v) is 3.60. The monoisotopic (exact) mass is 236 g/mol. The summed E-state index contributed by atoms with van der Waals surface area (Å²) in [6.45, 7) is 5.63. The lowest BCUT2D eigenvalue weighted by Crippen LogP contribution is -2.44. The highest BCUT2D eigenvalue weighted by Crippen LogP contribution is 2.23. The summed E-state index contributed by atoms with van der Waals surface area (Å²) in [5.41, 5.74) is 0. The zero-order valence-electron chi connectivity index (χ0n) is 11.2. The molecule has 1 radical (unpaired) electrons. The Morgan fingerprint density at radius 1 is 1.41 bits per heavy atom. The first kappa shape index (κ1) is 14.3. The number of hydrogen-bond donors (Lipinski definition) is 1. The minimum absolute atomic E-state index is 0.0957. The topological polar surface area (TPSA) is 46.2 Å². The SMILES string of the molecule is CCC(C)C(=O)NC1[B]CC(CC(C)=O)CC1. The van der Waals surface area contributed by atoms with Gasteiger partial charge in [0.25, 0.3) is 0 Å². The Kier molecular flexibility index (Phi) is 5.73. The van der Waals surface area contributed by atoms with Gasteiger partial charge in [0.15, 0.2) is 0 Å². The van der Waals surface area contributed by atoms with E-state index in [4.69, 9.17) is 0 Å². The number of Topliss-reactive ketones (excluding diaryl/α,β-unsaturated/α-hetero) is 1. The van der Waals surface area contributed by atoms with Crippen LogP contribution in [0, 0.1) is 11.8 Å². The van der Waals surface area contributed by atoms with Crippen molar-refractivity contribution in [3.05, 3.63) is 0 Å². The summed E-state index contributed by atoms with van der Waals surface area (Å²) in [6.07, 6.45) is 4.53. The van der Waals surface area contributed by atoms with Crippen molar-refractivity contribution >= 4 is 19.0 Å². The average molecular weight is 236 g/mol. The molecule has 1 aliphatic rings. The molecule has 17 heavy (non-hydrogen) atoms. The van der Waals surface area contributed by atoms with Crippen molar-refractivity contribution in [2.75, 3.05) is 0 Å². The number of rotatable bonds is 5. The molecule has 0 aromatic heterocycles. The van der Waals surface area contributed by atoms with Gasteiger partial charge in [0.05, 0.1) is 0 Å². The Morgan fingerprint density at radius 3 is 2.59 bits per heavy atom. The molecule has 0 aromatic rings. The van der Waals surface area contributed by atoms with Crippen molar-refractivity contribution in [1.29, 1.82) is 0 Å². The van der Waals surface area contributed by atoms with Gasteiger partial charge in [-0.2, -0.15) is 0 Å². The molecule has 0 bridgehead atoms. The molecule has 0 aromatic carbocycles. The van der Waals surface area contributed by atoms with Crippen LogP contribution in [-0.2, 0) is 9.59 Å². The van der Waals surface area contributed by atoms with Crippen molar-refractivity contribution < 1.29 is 9.59 Å². The normalized spacial score (nSPS) is 25.8. The highest BCUT2D eigenvalue weighted by Gasteiger charge is 2.24. The van der Waals surface area contributed by atoms with E-state index in [-0.39, 0.29) is 23.5 Å². The van der Waals surface area contributed by atoms with Crippen LogP contribution in [0.4, 0.5) is 0 Å². The van der Waals surface area contributed by atoms with Crippen LogP contribution in [0.5, 0.6) is 0 Å². The van der Waals surface area contributed by atoms with Gasteiger partial charge < -0.3 is 10.1 Å². The first-order chi connectivity index (χ1) is 8.02. The van der Waals surface area contributed by atoms with Crippen molar-refractivity contribution in [2.24, 2.45) is 11.8 Å². The maximum absolute atomic E-state index is 11.7. The van der Waals surface area contributed by atoms with Gasteiger partial charge in [-0.1, -0.05) is 20.2 Å². The summed E-state index contributed by atoms with van der Waals surface area (Å²) >= 11 is 0. The highest BCUT2D eigenvalue weighted by atomic mass is 16.2. The molecule has 95 valence electrons. The van der Waals surface area contributed by atoms with E-state index in [1.807, 2.05) is 13.8 Å². The largest absolute Gasteiger partial charge is 0.361 e. The predicted octanol–water partition coefficient (Wildman–Crippen LogP) is 1.99. The van der Waals surface area contributed by atoms with Gasteiger partial charge in [-0.05, 0) is 38.0 Å². The van der Waals surface area contributed by atoms with Gasteiger partial charge in [-0.3, -0.25) is 4.79 Å². The second-order valence-electron chi connectivity index (χ2n) is 5.25. The average Bonchev–Trinajstić information content (AvgIpc) is 2.30. The number of carbonyl (C=O) groups excluding carboxylic acids is 2. The van der Waals surface area contributed by atoms with Crippen LogP contribution in [0.2, 0.25) is 6.32 Å². The Hall–Kier alpha value is -0.795. The zero-order valence-corrected chi connectivity index (χ0v) is 11.2. The van der Waals surface area contributed by atoms with Crippen molar-refractivity contribution in [3.8, 4) is 0 Å². The van der Waals surface area contributed by atoms with Crippen LogP contribution >= 0.6 is 0 Å².